The number of phenols is 1. The molecule has 2 aliphatic heterocycles. The van der Waals surface area contributed by atoms with Crippen molar-refractivity contribution in [2.24, 2.45) is 29.1 Å². The molecule has 3 fully saturated rings. The molecule has 10 heteroatoms. The highest BCUT2D eigenvalue weighted by Gasteiger charge is 2.68. The zero-order chi connectivity index (χ0) is 32.7. The second-order valence-corrected chi connectivity index (χ2v) is 12.9. The molecule has 0 radical (unpaired) electrons. The molecule has 1 N–H and O–H groups in total. The van der Waals surface area contributed by atoms with E-state index in [1.165, 1.54) is 36.3 Å². The van der Waals surface area contributed by atoms with E-state index in [0.717, 1.165) is 22.1 Å². The Labute approximate surface area is 269 Å². The molecule has 2 heterocycles. The van der Waals surface area contributed by atoms with Crippen LogP contribution in [-0.2, 0) is 19.2 Å². The van der Waals surface area contributed by atoms with Crippen LogP contribution in [0.25, 0.3) is 6.08 Å². The average molecular weight is 641 g/mol. The van der Waals surface area contributed by atoms with Crippen LogP contribution in [0.1, 0.15) is 36.8 Å². The topological polar surface area (TPSA) is 104 Å². The second-order valence-electron chi connectivity index (χ2n) is 12.5. The molecule has 2 saturated heterocycles. The molecule has 2 aliphatic carbocycles. The summed E-state index contributed by atoms with van der Waals surface area (Å²) in [6, 6.07) is 15.3. The number of halogens is 2. The minimum atomic E-state index is -1.34. The van der Waals surface area contributed by atoms with Gasteiger partial charge in [0, 0.05) is 17.5 Å². The zero-order valence-electron chi connectivity index (χ0n) is 25.1. The number of phenolic OH excluding ortho intramolecular Hbond substituents is 1. The van der Waals surface area contributed by atoms with E-state index in [0.29, 0.717) is 17.0 Å². The Hall–Kier alpha value is -4.76. The molecule has 3 aromatic rings. The van der Waals surface area contributed by atoms with Gasteiger partial charge in [-0.1, -0.05) is 54.1 Å². The monoisotopic (exact) mass is 640 g/mol. The minimum Gasteiger partial charge on any atom is -0.508 e. The summed E-state index contributed by atoms with van der Waals surface area (Å²) in [5.41, 5.74) is 1.44. The van der Waals surface area contributed by atoms with Gasteiger partial charge in [0.25, 0.3) is 0 Å². The number of rotatable bonds is 5. The van der Waals surface area contributed by atoms with Gasteiger partial charge in [0.15, 0.2) is 0 Å². The number of hydrogen-bond donors (Lipinski definition) is 1. The maximum atomic E-state index is 14.5. The molecule has 0 aromatic heterocycles. The first kappa shape index (κ1) is 29.9. The molecule has 7 rings (SSSR count). The molecule has 0 bridgehead atoms. The van der Waals surface area contributed by atoms with E-state index in [2.05, 4.69) is 6.58 Å². The van der Waals surface area contributed by atoms with Crippen LogP contribution >= 0.6 is 11.6 Å². The van der Waals surface area contributed by atoms with E-state index < -0.39 is 52.6 Å². The van der Waals surface area contributed by atoms with Gasteiger partial charge in [-0.15, -0.1) is 0 Å². The number of benzene rings is 3. The Bertz CT molecular complexity index is 1890. The number of allylic oxidation sites excluding steroid dienone is 2. The quantitative estimate of drug-likeness (QED) is 0.260. The molecule has 8 nitrogen and oxygen atoms in total. The first-order valence-electron chi connectivity index (χ1n) is 15.0. The minimum absolute atomic E-state index is 0.0431. The fraction of sp³-hybridized carbons (Fsp3) is 0.278. The number of hydrogen-bond acceptors (Lipinski definition) is 6. The Morgan fingerprint density at radius 2 is 1.67 bits per heavy atom. The molecule has 46 heavy (non-hydrogen) atoms. The molecule has 4 aliphatic rings. The number of aromatic hydroxyl groups is 1. The van der Waals surface area contributed by atoms with Crippen molar-refractivity contribution in [3.63, 3.8) is 0 Å². The van der Waals surface area contributed by atoms with Crippen LogP contribution in [0, 0.1) is 34.9 Å². The number of carbonyl (C=O) groups excluding carboxylic acids is 4. The highest BCUT2D eigenvalue weighted by atomic mass is 35.5. The third kappa shape index (κ3) is 4.10. The van der Waals surface area contributed by atoms with Gasteiger partial charge in [0.2, 0.25) is 23.6 Å². The van der Waals surface area contributed by atoms with Gasteiger partial charge in [-0.05, 0) is 67.6 Å². The largest absolute Gasteiger partial charge is 0.508 e. The lowest BCUT2D eigenvalue weighted by molar-refractivity contribution is -0.131. The maximum absolute atomic E-state index is 14.5. The highest BCUT2D eigenvalue weighted by molar-refractivity contribution is 6.32. The van der Waals surface area contributed by atoms with E-state index >= 15 is 0 Å². The van der Waals surface area contributed by atoms with Crippen LogP contribution in [0.2, 0.25) is 5.02 Å². The van der Waals surface area contributed by atoms with Crippen molar-refractivity contribution in [1.29, 1.82) is 0 Å². The summed E-state index contributed by atoms with van der Waals surface area (Å²) < 4.78 is 19.8. The summed E-state index contributed by atoms with van der Waals surface area (Å²) >= 11 is 6.07. The number of anilines is 2. The van der Waals surface area contributed by atoms with Crippen molar-refractivity contribution < 1.29 is 33.4 Å². The molecule has 3 aromatic carbocycles. The summed E-state index contributed by atoms with van der Waals surface area (Å²) in [7, 11) is 1.45. The van der Waals surface area contributed by atoms with Crippen LogP contribution in [0.3, 0.4) is 0 Å². The van der Waals surface area contributed by atoms with Gasteiger partial charge < -0.3 is 9.84 Å². The van der Waals surface area contributed by atoms with E-state index in [-0.39, 0.29) is 41.1 Å². The van der Waals surface area contributed by atoms with Crippen molar-refractivity contribution >= 4 is 52.7 Å². The average Bonchev–Trinajstić information content (AvgIpc) is 3.42. The van der Waals surface area contributed by atoms with Gasteiger partial charge in [0.05, 0.1) is 46.7 Å². The number of methoxy groups -OCH3 is 1. The lowest BCUT2D eigenvalue weighted by Gasteiger charge is -2.49. The Balaban J connectivity index is 1.37. The third-order valence-corrected chi connectivity index (χ3v) is 10.6. The summed E-state index contributed by atoms with van der Waals surface area (Å²) in [4.78, 5) is 59.2. The number of fused-ring (bicyclic) bond motifs is 4. The predicted molar refractivity (Wildman–Crippen MR) is 170 cm³/mol. The van der Waals surface area contributed by atoms with Crippen LogP contribution in [0.15, 0.2) is 78.9 Å². The fourth-order valence-electron chi connectivity index (χ4n) is 8.18. The fourth-order valence-corrected chi connectivity index (χ4v) is 8.36. The van der Waals surface area contributed by atoms with E-state index in [9.17, 15) is 28.7 Å². The number of carbonyl (C=O) groups is 4. The van der Waals surface area contributed by atoms with Gasteiger partial charge in [-0.25, -0.2) is 9.29 Å². The summed E-state index contributed by atoms with van der Waals surface area (Å²) in [5, 5.41) is 10.1. The third-order valence-electron chi connectivity index (χ3n) is 10.4. The van der Waals surface area contributed by atoms with Crippen molar-refractivity contribution in [3.8, 4) is 11.5 Å². The molecule has 0 unspecified atom stereocenters. The second kappa shape index (κ2) is 10.7. The Kier molecular flexibility index (Phi) is 6.93. The molecule has 1 saturated carbocycles. The van der Waals surface area contributed by atoms with E-state index in [1.807, 2.05) is 6.08 Å². The Morgan fingerprint density at radius 3 is 2.35 bits per heavy atom. The number of amides is 4. The molecule has 234 valence electrons. The molecular weight excluding hydrogens is 611 g/mol. The van der Waals surface area contributed by atoms with E-state index in [4.69, 9.17) is 16.3 Å². The maximum Gasteiger partial charge on any atom is 0.241 e. The lowest BCUT2D eigenvalue weighted by Crippen LogP contribution is -2.49. The lowest BCUT2D eigenvalue weighted by atomic mass is 9.51. The van der Waals surface area contributed by atoms with Crippen LogP contribution in [0.4, 0.5) is 15.8 Å². The normalized spacial score (nSPS) is 28.5. The summed E-state index contributed by atoms with van der Waals surface area (Å²) in [5.74, 6) is -5.61. The zero-order valence-corrected chi connectivity index (χ0v) is 25.8. The first-order chi connectivity index (χ1) is 22.0. The van der Waals surface area contributed by atoms with E-state index in [1.54, 1.807) is 43.3 Å². The standard InChI is InChI=1S/C36H30ClFN2O6/c1-4-18-5-7-19(8-6-18)39-32(42)24-13-12-22-25(30(24)34(39)44)17-26-33(43)40(20-9-14-28(38)27(37)15-20)35(45)36(26,2)31(22)23-11-10-21(41)16-29(23)46-3/h4-12,14-16,24-26,30-31,41H,1,13,17H2,2-3H3/t24-,25+,26-,30-,31+,36+/m0/s1. The molecular formula is C36H30ClFN2O6. The van der Waals surface area contributed by atoms with Gasteiger partial charge in [-0.2, -0.15) is 0 Å². The van der Waals surface area contributed by atoms with Crippen LogP contribution < -0.4 is 14.5 Å². The summed E-state index contributed by atoms with van der Waals surface area (Å²) in [6.07, 6.45) is 4.04. The Morgan fingerprint density at radius 1 is 0.957 bits per heavy atom. The number of imide groups is 2. The van der Waals surface area contributed by atoms with Crippen molar-refractivity contribution in [1.82, 2.24) is 0 Å². The molecule has 0 spiro atoms. The first-order valence-corrected chi connectivity index (χ1v) is 15.4. The molecule has 4 amide bonds. The van der Waals surface area contributed by atoms with Gasteiger partial charge in [-0.3, -0.25) is 24.1 Å². The van der Waals surface area contributed by atoms with Crippen molar-refractivity contribution in [2.75, 3.05) is 16.9 Å². The predicted octanol–water partition coefficient (Wildman–Crippen LogP) is 6.27. The van der Waals surface area contributed by atoms with Crippen LogP contribution in [0.5, 0.6) is 11.5 Å². The van der Waals surface area contributed by atoms with Crippen LogP contribution in [-0.4, -0.2) is 35.8 Å². The number of ether oxygens (including phenoxy) is 1. The highest BCUT2D eigenvalue weighted by Crippen LogP contribution is 2.64. The molecule has 6 atom stereocenters. The van der Waals surface area contributed by atoms with Gasteiger partial charge in [0.1, 0.15) is 17.3 Å². The summed E-state index contributed by atoms with van der Waals surface area (Å²) in [6.45, 7) is 5.50. The van der Waals surface area contributed by atoms with Crippen molar-refractivity contribution in [2.45, 2.75) is 25.7 Å². The number of nitrogens with zero attached hydrogens (tertiary/aromatic N) is 2. The SMILES string of the molecule is C=Cc1ccc(N2C(=O)[C@H]3[C@H](CC=C4[C@H]3C[C@H]3C(=O)N(c5ccc(F)c(Cl)c5)C(=O)[C@@]3(C)[C@H]4c3ccc(O)cc3OC)C2=O)cc1. The van der Waals surface area contributed by atoms with Crippen molar-refractivity contribution in [3.05, 3.63) is 101 Å². The van der Waals surface area contributed by atoms with Gasteiger partial charge >= 0.3 is 0 Å². The smallest absolute Gasteiger partial charge is 0.241 e.